The first-order chi connectivity index (χ1) is 10.8. The lowest BCUT2D eigenvalue weighted by atomic mass is 10.1. The Kier molecular flexibility index (Phi) is 4.70. The number of methoxy groups -OCH3 is 1. The minimum atomic E-state index is -0.0924. The number of aromatic nitrogens is 2. The van der Waals surface area contributed by atoms with Crippen LogP contribution in [0.15, 0.2) is 18.2 Å². The number of fused-ring (bicyclic) bond motifs is 1. The zero-order valence-corrected chi connectivity index (χ0v) is 12.7. The van der Waals surface area contributed by atoms with Crippen LogP contribution in [-0.4, -0.2) is 43.0 Å². The third kappa shape index (κ3) is 2.98. The van der Waals surface area contributed by atoms with Gasteiger partial charge in [0.2, 0.25) is 0 Å². The zero-order valence-electron chi connectivity index (χ0n) is 12.7. The molecule has 3 rings (SSSR count). The quantitative estimate of drug-likeness (QED) is 0.606. The predicted molar refractivity (Wildman–Crippen MR) is 81.3 cm³/mol. The molecule has 0 saturated carbocycles. The molecular formula is C16H20N2O4. The van der Waals surface area contributed by atoms with E-state index < -0.39 is 0 Å². The summed E-state index contributed by atoms with van der Waals surface area (Å²) in [5.74, 6) is 0.705. The molecule has 118 valence electrons. The maximum absolute atomic E-state index is 11.3. The summed E-state index contributed by atoms with van der Waals surface area (Å²) in [6.07, 6.45) is 3.79. The van der Waals surface area contributed by atoms with E-state index in [2.05, 4.69) is 5.10 Å². The molecule has 6 heteroatoms. The van der Waals surface area contributed by atoms with Crippen molar-refractivity contribution in [2.75, 3.05) is 26.9 Å². The van der Waals surface area contributed by atoms with Crippen LogP contribution in [0, 0.1) is 0 Å². The molecule has 6 nitrogen and oxygen atoms in total. The van der Waals surface area contributed by atoms with Crippen LogP contribution in [0.2, 0.25) is 0 Å². The summed E-state index contributed by atoms with van der Waals surface area (Å²) in [5.41, 5.74) is 1.31. The third-order valence-corrected chi connectivity index (χ3v) is 3.80. The second-order valence-corrected chi connectivity index (χ2v) is 5.29. The number of rotatable bonds is 6. The number of nitrogens with zero attached hydrogens (tertiary/aromatic N) is 2. The normalized spacial score (nSPS) is 18.5. The van der Waals surface area contributed by atoms with Gasteiger partial charge in [-0.3, -0.25) is 4.79 Å². The first-order valence-electron chi connectivity index (χ1n) is 7.54. The molecule has 0 radical (unpaired) electrons. The van der Waals surface area contributed by atoms with Crippen molar-refractivity contribution in [3.8, 4) is 5.75 Å². The van der Waals surface area contributed by atoms with E-state index in [1.54, 1.807) is 7.11 Å². The van der Waals surface area contributed by atoms with Crippen LogP contribution in [0.5, 0.6) is 5.75 Å². The second kappa shape index (κ2) is 6.89. The topological polar surface area (TPSA) is 62.6 Å². The van der Waals surface area contributed by atoms with E-state index in [0.717, 1.165) is 43.1 Å². The molecule has 1 fully saturated rings. The number of hydrogen-bond donors (Lipinski definition) is 0. The first kappa shape index (κ1) is 15.0. The molecule has 1 unspecified atom stereocenters. The number of carbonyl (C=O) groups excluding carboxylic acids is 1. The molecule has 0 N–H and O–H groups in total. The second-order valence-electron chi connectivity index (χ2n) is 5.29. The van der Waals surface area contributed by atoms with Crippen molar-refractivity contribution < 1.29 is 19.0 Å². The van der Waals surface area contributed by atoms with Gasteiger partial charge < -0.3 is 14.2 Å². The molecule has 2 heterocycles. The zero-order chi connectivity index (χ0) is 15.4. The van der Waals surface area contributed by atoms with Gasteiger partial charge in [0.1, 0.15) is 18.1 Å². The molecule has 22 heavy (non-hydrogen) atoms. The van der Waals surface area contributed by atoms with Gasteiger partial charge in [0.15, 0.2) is 12.5 Å². The van der Waals surface area contributed by atoms with Crippen LogP contribution in [0.3, 0.4) is 0 Å². The fraction of sp³-hybridized carbons (Fsp3) is 0.500. The average Bonchev–Trinajstić information content (AvgIpc) is 2.94. The minimum Gasteiger partial charge on any atom is -0.491 e. The van der Waals surface area contributed by atoms with Gasteiger partial charge in [-0.15, -0.1) is 0 Å². The Morgan fingerprint density at radius 2 is 2.32 bits per heavy atom. The molecule has 1 aliphatic rings. The van der Waals surface area contributed by atoms with Gasteiger partial charge in [0.05, 0.1) is 12.1 Å². The van der Waals surface area contributed by atoms with Crippen LogP contribution in [0.25, 0.3) is 10.9 Å². The summed E-state index contributed by atoms with van der Waals surface area (Å²) in [6.45, 7) is 1.73. The van der Waals surface area contributed by atoms with Crippen LogP contribution in [0.1, 0.15) is 36.0 Å². The standard InChI is InChI=1S/C16H20N2O4/c1-20-8-9-21-12-5-6-15-13(10-12)14(11-19)17-18(15)16-4-2-3-7-22-16/h5-6,10-11,16H,2-4,7-9H2,1H3. The van der Waals surface area contributed by atoms with E-state index in [1.165, 1.54) is 0 Å². The van der Waals surface area contributed by atoms with E-state index in [-0.39, 0.29) is 6.23 Å². The van der Waals surface area contributed by atoms with E-state index >= 15 is 0 Å². The highest BCUT2D eigenvalue weighted by Crippen LogP contribution is 2.29. The van der Waals surface area contributed by atoms with E-state index in [1.807, 2.05) is 22.9 Å². The lowest BCUT2D eigenvalue weighted by molar-refractivity contribution is -0.0367. The summed E-state index contributed by atoms with van der Waals surface area (Å²) < 4.78 is 18.2. The van der Waals surface area contributed by atoms with Gasteiger partial charge in [-0.05, 0) is 37.5 Å². The van der Waals surface area contributed by atoms with Gasteiger partial charge in [-0.25, -0.2) is 4.68 Å². The van der Waals surface area contributed by atoms with Gasteiger partial charge in [-0.1, -0.05) is 0 Å². The molecular weight excluding hydrogens is 284 g/mol. The Balaban J connectivity index is 1.92. The van der Waals surface area contributed by atoms with Crippen LogP contribution in [0.4, 0.5) is 0 Å². The summed E-state index contributed by atoms with van der Waals surface area (Å²) >= 11 is 0. The fourth-order valence-corrected chi connectivity index (χ4v) is 2.70. The van der Waals surface area contributed by atoms with Crippen molar-refractivity contribution in [3.05, 3.63) is 23.9 Å². The molecule has 2 aromatic rings. The lowest BCUT2D eigenvalue weighted by Crippen LogP contribution is -2.19. The SMILES string of the molecule is COCCOc1ccc2c(c1)c(C=O)nn2C1CCCCO1. The van der Waals surface area contributed by atoms with E-state index in [9.17, 15) is 4.79 Å². The number of carbonyl (C=O) groups is 1. The van der Waals surface area contributed by atoms with Gasteiger partial charge >= 0.3 is 0 Å². The third-order valence-electron chi connectivity index (χ3n) is 3.80. The average molecular weight is 304 g/mol. The molecule has 0 spiro atoms. The Hall–Kier alpha value is -1.92. The molecule has 1 aliphatic heterocycles. The molecule has 1 aromatic carbocycles. The number of hydrogen-bond acceptors (Lipinski definition) is 5. The Morgan fingerprint density at radius 3 is 3.05 bits per heavy atom. The predicted octanol–water partition coefficient (Wildman–Crippen LogP) is 2.57. The fourth-order valence-electron chi connectivity index (χ4n) is 2.70. The van der Waals surface area contributed by atoms with Crippen molar-refractivity contribution in [2.45, 2.75) is 25.5 Å². The maximum atomic E-state index is 11.3. The highest BCUT2D eigenvalue weighted by atomic mass is 16.5. The molecule has 1 atom stereocenters. The van der Waals surface area contributed by atoms with Crippen LogP contribution < -0.4 is 4.74 Å². The summed E-state index contributed by atoms with van der Waals surface area (Å²) in [7, 11) is 1.63. The van der Waals surface area contributed by atoms with Crippen LogP contribution >= 0.6 is 0 Å². The van der Waals surface area contributed by atoms with Crippen molar-refractivity contribution >= 4 is 17.2 Å². The highest BCUT2D eigenvalue weighted by molar-refractivity contribution is 5.95. The Bertz CT molecular complexity index is 647. The van der Waals surface area contributed by atoms with Gasteiger partial charge in [0, 0.05) is 19.1 Å². The largest absolute Gasteiger partial charge is 0.491 e. The highest BCUT2D eigenvalue weighted by Gasteiger charge is 2.21. The van der Waals surface area contributed by atoms with Crippen molar-refractivity contribution in [3.63, 3.8) is 0 Å². The number of aldehydes is 1. The smallest absolute Gasteiger partial charge is 0.170 e. The number of ether oxygens (including phenoxy) is 3. The summed E-state index contributed by atoms with van der Waals surface area (Å²) in [4.78, 5) is 11.3. The van der Waals surface area contributed by atoms with Gasteiger partial charge in [-0.2, -0.15) is 5.10 Å². The van der Waals surface area contributed by atoms with Crippen molar-refractivity contribution in [1.82, 2.24) is 9.78 Å². The Morgan fingerprint density at radius 1 is 1.41 bits per heavy atom. The van der Waals surface area contributed by atoms with Crippen LogP contribution in [-0.2, 0) is 9.47 Å². The maximum Gasteiger partial charge on any atom is 0.170 e. The molecule has 0 bridgehead atoms. The van der Waals surface area contributed by atoms with E-state index in [0.29, 0.717) is 24.7 Å². The minimum absolute atomic E-state index is 0.0924. The monoisotopic (exact) mass is 304 g/mol. The van der Waals surface area contributed by atoms with Crippen molar-refractivity contribution in [1.29, 1.82) is 0 Å². The van der Waals surface area contributed by atoms with Crippen molar-refractivity contribution in [2.24, 2.45) is 0 Å². The Labute approximate surface area is 129 Å². The molecule has 0 amide bonds. The molecule has 1 aromatic heterocycles. The van der Waals surface area contributed by atoms with E-state index in [4.69, 9.17) is 14.2 Å². The summed E-state index contributed by atoms with van der Waals surface area (Å²) in [6, 6.07) is 5.66. The number of benzene rings is 1. The molecule has 1 saturated heterocycles. The summed E-state index contributed by atoms with van der Waals surface area (Å²) in [5, 5.41) is 5.20. The van der Waals surface area contributed by atoms with Gasteiger partial charge in [0.25, 0.3) is 0 Å². The lowest BCUT2D eigenvalue weighted by Gasteiger charge is -2.23. The molecule has 0 aliphatic carbocycles. The first-order valence-corrected chi connectivity index (χ1v) is 7.54.